The summed E-state index contributed by atoms with van der Waals surface area (Å²) in [5.74, 6) is -0.316. The Hall–Kier alpha value is -2.67. The molecule has 3 N–H and O–H groups in total. The molecule has 5 nitrogen and oxygen atoms in total. The SMILES string of the molecule is COc1ccc(NC(N)=NCC(c2c(F)cccc2F)N(C)C)cc1. The number of guanidine groups is 1. The minimum absolute atomic E-state index is 0.0199. The summed E-state index contributed by atoms with van der Waals surface area (Å²) in [6, 6.07) is 10.4. The molecule has 1 unspecified atom stereocenters. The lowest BCUT2D eigenvalue weighted by Crippen LogP contribution is -2.28. The van der Waals surface area contributed by atoms with Crippen molar-refractivity contribution in [1.82, 2.24) is 4.90 Å². The molecule has 0 bridgehead atoms. The highest BCUT2D eigenvalue weighted by atomic mass is 19.1. The zero-order chi connectivity index (χ0) is 18.4. The minimum Gasteiger partial charge on any atom is -0.497 e. The molecule has 2 aromatic carbocycles. The van der Waals surface area contributed by atoms with Gasteiger partial charge in [0.1, 0.15) is 17.4 Å². The van der Waals surface area contributed by atoms with Gasteiger partial charge in [-0.05, 0) is 50.5 Å². The lowest BCUT2D eigenvalue weighted by atomic mass is 10.0. The van der Waals surface area contributed by atoms with Gasteiger partial charge in [-0.25, -0.2) is 8.78 Å². The highest BCUT2D eigenvalue weighted by Gasteiger charge is 2.21. The molecule has 2 aromatic rings. The number of likely N-dealkylation sites (N-methyl/N-ethyl adjacent to an activating group) is 1. The van der Waals surface area contributed by atoms with E-state index in [1.165, 1.54) is 18.2 Å². The summed E-state index contributed by atoms with van der Waals surface area (Å²) in [5, 5.41) is 2.93. The van der Waals surface area contributed by atoms with Gasteiger partial charge in [0.15, 0.2) is 5.96 Å². The molecule has 0 fully saturated rings. The number of halogens is 2. The van der Waals surface area contributed by atoms with Crippen LogP contribution in [0, 0.1) is 11.6 Å². The van der Waals surface area contributed by atoms with Crippen molar-refractivity contribution in [2.75, 3.05) is 33.1 Å². The number of hydrogen-bond donors (Lipinski definition) is 2. The van der Waals surface area contributed by atoms with Crippen LogP contribution < -0.4 is 15.8 Å². The van der Waals surface area contributed by atoms with Crippen molar-refractivity contribution < 1.29 is 13.5 Å². The fraction of sp³-hybridized carbons (Fsp3) is 0.278. The molecule has 0 aliphatic heterocycles. The molecule has 0 aliphatic carbocycles. The molecule has 0 radical (unpaired) electrons. The van der Waals surface area contributed by atoms with Crippen LogP contribution in [-0.2, 0) is 0 Å². The van der Waals surface area contributed by atoms with Crippen molar-refractivity contribution in [1.29, 1.82) is 0 Å². The van der Waals surface area contributed by atoms with E-state index in [1.807, 2.05) is 0 Å². The summed E-state index contributed by atoms with van der Waals surface area (Å²) < 4.78 is 33.1. The first-order chi connectivity index (χ1) is 11.9. The Kier molecular flexibility index (Phi) is 6.30. The van der Waals surface area contributed by atoms with Gasteiger partial charge < -0.3 is 20.7 Å². The first kappa shape index (κ1) is 18.7. The van der Waals surface area contributed by atoms with Gasteiger partial charge in [0.2, 0.25) is 0 Å². The first-order valence-corrected chi connectivity index (χ1v) is 7.73. The molecule has 0 aliphatic rings. The van der Waals surface area contributed by atoms with Crippen molar-refractivity contribution in [3.05, 3.63) is 59.7 Å². The summed E-state index contributed by atoms with van der Waals surface area (Å²) in [6.07, 6.45) is 0. The first-order valence-electron chi connectivity index (χ1n) is 7.73. The molecule has 134 valence electrons. The summed E-state index contributed by atoms with van der Waals surface area (Å²) in [4.78, 5) is 5.92. The fourth-order valence-corrected chi connectivity index (χ4v) is 2.39. The maximum Gasteiger partial charge on any atom is 0.193 e. The smallest absolute Gasteiger partial charge is 0.193 e. The number of methoxy groups -OCH3 is 1. The Balaban J connectivity index is 2.12. The highest BCUT2D eigenvalue weighted by Crippen LogP contribution is 2.24. The number of rotatable bonds is 6. The molecular weight excluding hydrogens is 326 g/mol. The van der Waals surface area contributed by atoms with E-state index < -0.39 is 17.7 Å². The lowest BCUT2D eigenvalue weighted by Gasteiger charge is -2.24. The van der Waals surface area contributed by atoms with Gasteiger partial charge in [0.25, 0.3) is 0 Å². The van der Waals surface area contributed by atoms with E-state index >= 15 is 0 Å². The van der Waals surface area contributed by atoms with Crippen molar-refractivity contribution in [3.8, 4) is 5.75 Å². The van der Waals surface area contributed by atoms with E-state index in [1.54, 1.807) is 50.4 Å². The van der Waals surface area contributed by atoms with Crippen molar-refractivity contribution in [2.45, 2.75) is 6.04 Å². The molecule has 2 rings (SSSR count). The van der Waals surface area contributed by atoms with Crippen LogP contribution >= 0.6 is 0 Å². The maximum atomic E-state index is 14.0. The number of hydrogen-bond acceptors (Lipinski definition) is 3. The van der Waals surface area contributed by atoms with E-state index in [0.29, 0.717) is 0 Å². The van der Waals surface area contributed by atoms with Gasteiger partial charge in [0, 0.05) is 11.3 Å². The van der Waals surface area contributed by atoms with Crippen LogP contribution in [0.2, 0.25) is 0 Å². The van der Waals surface area contributed by atoms with Gasteiger partial charge in [-0.15, -0.1) is 0 Å². The molecule has 25 heavy (non-hydrogen) atoms. The van der Waals surface area contributed by atoms with Gasteiger partial charge in [0.05, 0.1) is 19.7 Å². The summed E-state index contributed by atoms with van der Waals surface area (Å²) in [6.45, 7) is 0.111. The van der Waals surface area contributed by atoms with Gasteiger partial charge >= 0.3 is 0 Å². The Morgan fingerprint density at radius 3 is 2.28 bits per heavy atom. The second-order valence-electron chi connectivity index (χ2n) is 5.69. The van der Waals surface area contributed by atoms with E-state index in [0.717, 1.165) is 11.4 Å². The zero-order valence-electron chi connectivity index (χ0n) is 14.5. The number of nitrogens with one attached hydrogen (secondary N) is 1. The number of nitrogens with zero attached hydrogens (tertiary/aromatic N) is 2. The third-order valence-electron chi connectivity index (χ3n) is 3.75. The van der Waals surface area contributed by atoms with Gasteiger partial charge in [-0.3, -0.25) is 4.99 Å². The fourth-order valence-electron chi connectivity index (χ4n) is 2.39. The predicted octanol–water partition coefficient (Wildman–Crippen LogP) is 3.00. The van der Waals surface area contributed by atoms with Crippen molar-refractivity contribution in [3.63, 3.8) is 0 Å². The van der Waals surface area contributed by atoms with Crippen LogP contribution in [0.3, 0.4) is 0 Å². The average molecular weight is 348 g/mol. The highest BCUT2D eigenvalue weighted by molar-refractivity contribution is 5.92. The van der Waals surface area contributed by atoms with E-state index in [-0.39, 0.29) is 18.1 Å². The molecule has 0 amide bonds. The number of aliphatic imine (C=N–C) groups is 1. The molecule has 1 atom stereocenters. The number of anilines is 1. The van der Waals surface area contributed by atoms with E-state index in [4.69, 9.17) is 10.5 Å². The van der Waals surface area contributed by atoms with Gasteiger partial charge in [-0.1, -0.05) is 6.07 Å². The molecular formula is C18H22F2N4O. The summed E-state index contributed by atoms with van der Waals surface area (Å²) in [5.41, 5.74) is 6.60. The predicted molar refractivity (Wildman–Crippen MR) is 95.9 cm³/mol. The quantitative estimate of drug-likeness (QED) is 0.622. The summed E-state index contributed by atoms with van der Waals surface area (Å²) in [7, 11) is 5.06. The Labute approximate surface area is 146 Å². The normalized spacial score (nSPS) is 13.0. The van der Waals surface area contributed by atoms with Crippen LogP contribution in [0.1, 0.15) is 11.6 Å². The molecule has 0 spiro atoms. The van der Waals surface area contributed by atoms with Gasteiger partial charge in [-0.2, -0.15) is 0 Å². The number of benzene rings is 2. The standard InChI is InChI=1S/C18H22F2N4O/c1-24(2)16(17-14(19)5-4-6-15(17)20)11-22-18(21)23-12-7-9-13(25-3)10-8-12/h4-10,16H,11H2,1-3H3,(H3,21,22,23). The Bertz CT molecular complexity index is 712. The Morgan fingerprint density at radius 1 is 1.16 bits per heavy atom. The third-order valence-corrected chi connectivity index (χ3v) is 3.75. The van der Waals surface area contributed by atoms with Crippen molar-refractivity contribution in [2.24, 2.45) is 10.7 Å². The molecule has 7 heteroatoms. The number of nitrogens with two attached hydrogens (primary N) is 1. The second-order valence-corrected chi connectivity index (χ2v) is 5.69. The Morgan fingerprint density at radius 2 is 1.76 bits per heavy atom. The van der Waals surface area contributed by atoms with E-state index in [9.17, 15) is 8.78 Å². The van der Waals surface area contributed by atoms with Crippen LogP contribution in [0.25, 0.3) is 0 Å². The van der Waals surface area contributed by atoms with Crippen LogP contribution in [-0.4, -0.2) is 38.6 Å². The molecule has 0 heterocycles. The maximum absolute atomic E-state index is 14.0. The zero-order valence-corrected chi connectivity index (χ0v) is 14.5. The second kappa shape index (κ2) is 8.43. The average Bonchev–Trinajstić information content (AvgIpc) is 2.57. The van der Waals surface area contributed by atoms with Crippen molar-refractivity contribution >= 4 is 11.6 Å². The number of ether oxygens (including phenoxy) is 1. The minimum atomic E-state index is -0.601. The largest absolute Gasteiger partial charge is 0.497 e. The molecule has 0 saturated heterocycles. The third kappa shape index (κ3) is 4.90. The molecule has 0 aromatic heterocycles. The van der Waals surface area contributed by atoms with E-state index in [2.05, 4.69) is 10.3 Å². The van der Waals surface area contributed by atoms with Crippen LogP contribution in [0.15, 0.2) is 47.5 Å². The molecule has 0 saturated carbocycles. The van der Waals surface area contributed by atoms with Crippen LogP contribution in [0.5, 0.6) is 5.75 Å². The summed E-state index contributed by atoms with van der Waals surface area (Å²) >= 11 is 0. The topological polar surface area (TPSA) is 62.9 Å². The monoisotopic (exact) mass is 348 g/mol. The van der Waals surface area contributed by atoms with Crippen LogP contribution in [0.4, 0.5) is 14.5 Å². The lowest BCUT2D eigenvalue weighted by molar-refractivity contribution is 0.290.